The largest absolute Gasteiger partial charge is 0.438 e. The van der Waals surface area contributed by atoms with Crippen molar-refractivity contribution in [2.45, 2.75) is 6.18 Å². The van der Waals surface area contributed by atoms with Crippen LogP contribution in [0.3, 0.4) is 0 Å². The number of oxime groups is 1. The standard InChI is InChI=1S/C13H10F3N3O2/c14-13(15,16)9-5-1-2-6-10(9)21-12-8(11(17)19-20)4-3-7-18-12/h1-7,20H,(H2,17,19). The van der Waals surface area contributed by atoms with Crippen molar-refractivity contribution < 1.29 is 23.1 Å². The zero-order valence-electron chi connectivity index (χ0n) is 10.5. The molecule has 1 heterocycles. The van der Waals surface area contributed by atoms with Gasteiger partial charge in [-0.3, -0.25) is 0 Å². The summed E-state index contributed by atoms with van der Waals surface area (Å²) in [6.45, 7) is 0. The van der Waals surface area contributed by atoms with Gasteiger partial charge in [-0.1, -0.05) is 17.3 Å². The summed E-state index contributed by atoms with van der Waals surface area (Å²) in [6, 6.07) is 7.59. The SMILES string of the molecule is N/C(=N\O)c1cccnc1Oc1ccccc1C(F)(F)F. The maximum atomic E-state index is 12.9. The van der Waals surface area contributed by atoms with Crippen molar-refractivity contribution in [1.82, 2.24) is 4.98 Å². The summed E-state index contributed by atoms with van der Waals surface area (Å²) in [5.41, 5.74) is 4.57. The highest BCUT2D eigenvalue weighted by Gasteiger charge is 2.34. The van der Waals surface area contributed by atoms with Crippen molar-refractivity contribution >= 4 is 5.84 Å². The van der Waals surface area contributed by atoms with Crippen LogP contribution in [0, 0.1) is 0 Å². The first-order chi connectivity index (χ1) is 9.93. The van der Waals surface area contributed by atoms with Crippen LogP contribution in [0.4, 0.5) is 13.2 Å². The highest BCUT2D eigenvalue weighted by atomic mass is 19.4. The number of hydrogen-bond donors (Lipinski definition) is 2. The molecule has 1 aromatic heterocycles. The smallest absolute Gasteiger partial charge is 0.419 e. The summed E-state index contributed by atoms with van der Waals surface area (Å²) in [5, 5.41) is 11.4. The molecule has 0 aliphatic rings. The van der Waals surface area contributed by atoms with Gasteiger partial charge in [0, 0.05) is 6.20 Å². The molecule has 0 saturated carbocycles. The molecule has 21 heavy (non-hydrogen) atoms. The minimum atomic E-state index is -4.57. The number of para-hydroxylation sites is 1. The molecule has 0 unspecified atom stereocenters. The molecule has 0 bridgehead atoms. The summed E-state index contributed by atoms with van der Waals surface area (Å²) >= 11 is 0. The average Bonchev–Trinajstić information content (AvgIpc) is 2.46. The van der Waals surface area contributed by atoms with Crippen molar-refractivity contribution in [1.29, 1.82) is 0 Å². The quantitative estimate of drug-likeness (QED) is 0.395. The summed E-state index contributed by atoms with van der Waals surface area (Å²) in [4.78, 5) is 3.80. The fourth-order valence-electron chi connectivity index (χ4n) is 1.61. The Kier molecular flexibility index (Phi) is 3.97. The van der Waals surface area contributed by atoms with Crippen LogP contribution in [-0.4, -0.2) is 16.0 Å². The van der Waals surface area contributed by atoms with Crippen molar-refractivity contribution in [2.24, 2.45) is 10.9 Å². The molecule has 110 valence electrons. The number of pyridine rings is 1. The molecule has 2 aromatic rings. The molecular formula is C13H10F3N3O2. The predicted molar refractivity (Wildman–Crippen MR) is 68.3 cm³/mol. The van der Waals surface area contributed by atoms with Crippen LogP contribution in [0.25, 0.3) is 0 Å². The number of benzene rings is 1. The maximum absolute atomic E-state index is 12.9. The van der Waals surface area contributed by atoms with E-state index in [9.17, 15) is 13.2 Å². The van der Waals surface area contributed by atoms with Crippen LogP contribution < -0.4 is 10.5 Å². The van der Waals surface area contributed by atoms with E-state index in [1.807, 2.05) is 0 Å². The molecule has 3 N–H and O–H groups in total. The maximum Gasteiger partial charge on any atom is 0.419 e. The van der Waals surface area contributed by atoms with Crippen LogP contribution in [-0.2, 0) is 6.18 Å². The van der Waals surface area contributed by atoms with Crippen molar-refractivity contribution in [3.8, 4) is 11.6 Å². The minimum Gasteiger partial charge on any atom is -0.438 e. The molecule has 8 heteroatoms. The van der Waals surface area contributed by atoms with E-state index in [0.717, 1.165) is 12.1 Å². The molecular weight excluding hydrogens is 287 g/mol. The lowest BCUT2D eigenvalue weighted by molar-refractivity contribution is -0.138. The lowest BCUT2D eigenvalue weighted by atomic mass is 10.2. The van der Waals surface area contributed by atoms with Gasteiger partial charge < -0.3 is 15.7 Å². The normalized spacial score (nSPS) is 12.2. The van der Waals surface area contributed by atoms with Gasteiger partial charge in [-0.05, 0) is 24.3 Å². The van der Waals surface area contributed by atoms with Gasteiger partial charge in [0.1, 0.15) is 5.75 Å². The van der Waals surface area contributed by atoms with Gasteiger partial charge in [-0.2, -0.15) is 13.2 Å². The number of amidine groups is 1. The average molecular weight is 297 g/mol. The van der Waals surface area contributed by atoms with Gasteiger partial charge in [-0.25, -0.2) is 4.98 Å². The van der Waals surface area contributed by atoms with Crippen LogP contribution >= 0.6 is 0 Å². The summed E-state index contributed by atoms with van der Waals surface area (Å²) < 4.78 is 43.8. The first-order valence-corrected chi connectivity index (χ1v) is 5.70. The van der Waals surface area contributed by atoms with Crippen molar-refractivity contribution in [3.63, 3.8) is 0 Å². The molecule has 0 amide bonds. The number of nitrogens with two attached hydrogens (primary N) is 1. The fourth-order valence-corrected chi connectivity index (χ4v) is 1.61. The monoisotopic (exact) mass is 297 g/mol. The van der Waals surface area contributed by atoms with E-state index >= 15 is 0 Å². The second-order valence-corrected chi connectivity index (χ2v) is 3.94. The lowest BCUT2D eigenvalue weighted by Gasteiger charge is -2.14. The second-order valence-electron chi connectivity index (χ2n) is 3.94. The number of ether oxygens (including phenoxy) is 1. The first-order valence-electron chi connectivity index (χ1n) is 5.70. The fraction of sp³-hybridized carbons (Fsp3) is 0.0769. The molecule has 0 atom stereocenters. The summed E-state index contributed by atoms with van der Waals surface area (Å²) in [7, 11) is 0. The van der Waals surface area contributed by atoms with E-state index in [2.05, 4.69) is 10.1 Å². The molecule has 0 radical (unpaired) electrons. The van der Waals surface area contributed by atoms with Crippen molar-refractivity contribution in [2.75, 3.05) is 0 Å². The Morgan fingerprint density at radius 3 is 2.57 bits per heavy atom. The third-order valence-corrected chi connectivity index (χ3v) is 2.55. The third kappa shape index (κ3) is 3.22. The Morgan fingerprint density at radius 2 is 1.90 bits per heavy atom. The third-order valence-electron chi connectivity index (χ3n) is 2.55. The van der Waals surface area contributed by atoms with Crippen LogP contribution in [0.5, 0.6) is 11.6 Å². The number of rotatable bonds is 3. The van der Waals surface area contributed by atoms with Crippen LogP contribution in [0.15, 0.2) is 47.8 Å². The predicted octanol–water partition coefficient (Wildman–Crippen LogP) is 2.99. The number of alkyl halides is 3. The lowest BCUT2D eigenvalue weighted by Crippen LogP contribution is -2.15. The number of halogens is 3. The minimum absolute atomic E-state index is 0.0805. The highest BCUT2D eigenvalue weighted by Crippen LogP contribution is 2.37. The Labute approximate surface area is 117 Å². The summed E-state index contributed by atoms with van der Waals surface area (Å²) in [5.74, 6) is -0.928. The first kappa shape index (κ1) is 14.6. The zero-order chi connectivity index (χ0) is 15.5. The van der Waals surface area contributed by atoms with Gasteiger partial charge in [-0.15, -0.1) is 0 Å². The van der Waals surface area contributed by atoms with Gasteiger partial charge in [0.25, 0.3) is 0 Å². The van der Waals surface area contributed by atoms with Crippen molar-refractivity contribution in [3.05, 3.63) is 53.7 Å². The van der Waals surface area contributed by atoms with E-state index < -0.39 is 17.5 Å². The van der Waals surface area contributed by atoms with Crippen LogP contribution in [0.1, 0.15) is 11.1 Å². The molecule has 5 nitrogen and oxygen atoms in total. The van der Waals surface area contributed by atoms with E-state index in [-0.39, 0.29) is 17.3 Å². The van der Waals surface area contributed by atoms with E-state index in [4.69, 9.17) is 15.7 Å². The van der Waals surface area contributed by atoms with Crippen LogP contribution in [0.2, 0.25) is 0 Å². The van der Waals surface area contributed by atoms with Gasteiger partial charge in [0.15, 0.2) is 5.84 Å². The topological polar surface area (TPSA) is 80.7 Å². The highest BCUT2D eigenvalue weighted by molar-refractivity contribution is 5.99. The van der Waals surface area contributed by atoms with Gasteiger partial charge in [0.2, 0.25) is 5.88 Å². The Bertz CT molecular complexity index is 672. The van der Waals surface area contributed by atoms with E-state index in [1.54, 1.807) is 0 Å². The number of aromatic nitrogens is 1. The van der Waals surface area contributed by atoms with Gasteiger partial charge >= 0.3 is 6.18 Å². The Balaban J connectivity index is 2.45. The number of nitrogens with zero attached hydrogens (tertiary/aromatic N) is 2. The number of hydrogen-bond acceptors (Lipinski definition) is 4. The molecule has 0 saturated heterocycles. The molecule has 0 fully saturated rings. The van der Waals surface area contributed by atoms with E-state index in [1.165, 1.54) is 30.5 Å². The Hall–Kier alpha value is -2.77. The molecule has 0 spiro atoms. The molecule has 1 aromatic carbocycles. The van der Waals surface area contributed by atoms with E-state index in [0.29, 0.717) is 0 Å². The summed E-state index contributed by atoms with van der Waals surface area (Å²) in [6.07, 6.45) is -3.25. The zero-order valence-corrected chi connectivity index (χ0v) is 10.5. The molecule has 2 rings (SSSR count). The van der Waals surface area contributed by atoms with Gasteiger partial charge in [0.05, 0.1) is 11.1 Å². The second kappa shape index (κ2) is 5.70. The molecule has 0 aliphatic heterocycles. The molecule has 0 aliphatic carbocycles. The Morgan fingerprint density at radius 1 is 1.19 bits per heavy atom.